The molecule has 0 atom stereocenters. The van der Waals surface area contributed by atoms with Crippen molar-refractivity contribution >= 4 is 28.3 Å². The Hall–Kier alpha value is -3.05. The second-order valence-electron chi connectivity index (χ2n) is 9.60. The number of carbonyl (C=O) groups excluding carboxylic acids is 2. The smallest absolute Gasteiger partial charge is 0.255 e. The van der Waals surface area contributed by atoms with Crippen molar-refractivity contribution < 1.29 is 9.59 Å². The Kier molecular flexibility index (Phi) is 7.19. The van der Waals surface area contributed by atoms with Gasteiger partial charge in [0.05, 0.1) is 5.52 Å². The van der Waals surface area contributed by atoms with Crippen LogP contribution < -0.4 is 5.32 Å². The molecule has 2 heterocycles. The predicted molar refractivity (Wildman–Crippen MR) is 134 cm³/mol. The largest absolute Gasteiger partial charge is 0.322 e. The van der Waals surface area contributed by atoms with Gasteiger partial charge in [-0.1, -0.05) is 32.0 Å². The van der Waals surface area contributed by atoms with Crippen LogP contribution in [0.1, 0.15) is 60.2 Å². The Bertz CT molecular complexity index is 1150. The number of amides is 1. The fourth-order valence-corrected chi connectivity index (χ4v) is 4.54. The van der Waals surface area contributed by atoms with Crippen LogP contribution in [0.25, 0.3) is 10.9 Å². The average Bonchev–Trinajstić information content (AvgIpc) is 3.28. The lowest BCUT2D eigenvalue weighted by Crippen LogP contribution is -2.18. The van der Waals surface area contributed by atoms with Gasteiger partial charge in [0.2, 0.25) is 0 Å². The summed E-state index contributed by atoms with van der Waals surface area (Å²) in [4.78, 5) is 32.1. The first-order valence-corrected chi connectivity index (χ1v) is 11.9. The summed E-state index contributed by atoms with van der Waals surface area (Å²) in [6.07, 6.45) is 5.51. The second-order valence-corrected chi connectivity index (χ2v) is 9.60. The number of hydrogen-bond acceptors (Lipinski definition) is 4. The van der Waals surface area contributed by atoms with Gasteiger partial charge in [-0.3, -0.25) is 19.5 Å². The van der Waals surface area contributed by atoms with Crippen molar-refractivity contribution in [2.24, 2.45) is 5.92 Å². The van der Waals surface area contributed by atoms with Crippen LogP contribution in [-0.4, -0.2) is 34.7 Å². The molecule has 172 valence electrons. The van der Waals surface area contributed by atoms with Gasteiger partial charge >= 0.3 is 0 Å². The lowest BCUT2D eigenvalue weighted by Gasteiger charge is -2.15. The number of nitrogens with zero attached hydrogens (tertiary/aromatic N) is 2. The summed E-state index contributed by atoms with van der Waals surface area (Å²) in [6, 6.07) is 13.5. The van der Waals surface area contributed by atoms with Gasteiger partial charge < -0.3 is 5.32 Å². The van der Waals surface area contributed by atoms with Gasteiger partial charge in [-0.05, 0) is 79.7 Å². The highest BCUT2D eigenvalue weighted by Gasteiger charge is 2.14. The van der Waals surface area contributed by atoms with Crippen LogP contribution in [-0.2, 0) is 17.8 Å². The number of ketones is 1. The van der Waals surface area contributed by atoms with E-state index < -0.39 is 0 Å². The maximum absolute atomic E-state index is 12.8. The number of fused-ring (bicyclic) bond motifs is 1. The summed E-state index contributed by atoms with van der Waals surface area (Å²) < 4.78 is 0. The zero-order chi connectivity index (χ0) is 23.4. The third-order valence-corrected chi connectivity index (χ3v) is 6.27. The molecule has 1 saturated heterocycles. The lowest BCUT2D eigenvalue weighted by atomic mass is 10.0. The zero-order valence-electron chi connectivity index (χ0n) is 19.9. The van der Waals surface area contributed by atoms with Crippen molar-refractivity contribution in [2.45, 2.75) is 53.0 Å². The summed E-state index contributed by atoms with van der Waals surface area (Å²) in [5.41, 5.74) is 5.38. The van der Waals surface area contributed by atoms with E-state index in [0.717, 1.165) is 47.4 Å². The fourth-order valence-electron chi connectivity index (χ4n) is 4.54. The lowest BCUT2D eigenvalue weighted by molar-refractivity contribution is -0.119. The molecule has 33 heavy (non-hydrogen) atoms. The number of aromatic nitrogens is 1. The Morgan fingerprint density at radius 1 is 1.03 bits per heavy atom. The molecule has 0 unspecified atom stereocenters. The molecule has 1 amide bonds. The molecule has 2 aromatic carbocycles. The van der Waals surface area contributed by atoms with Gasteiger partial charge in [-0.2, -0.15) is 0 Å². The number of carbonyl (C=O) groups is 2. The van der Waals surface area contributed by atoms with Crippen molar-refractivity contribution in [1.29, 1.82) is 0 Å². The van der Waals surface area contributed by atoms with E-state index in [2.05, 4.69) is 16.3 Å². The number of benzene rings is 2. The van der Waals surface area contributed by atoms with Crippen LogP contribution in [0.4, 0.5) is 5.69 Å². The topological polar surface area (TPSA) is 62.3 Å². The van der Waals surface area contributed by atoms with Gasteiger partial charge in [0.1, 0.15) is 5.78 Å². The third-order valence-electron chi connectivity index (χ3n) is 6.27. The first-order chi connectivity index (χ1) is 15.9. The van der Waals surface area contributed by atoms with Gasteiger partial charge in [-0.15, -0.1) is 0 Å². The van der Waals surface area contributed by atoms with Crippen LogP contribution in [0.15, 0.2) is 48.7 Å². The van der Waals surface area contributed by atoms with E-state index in [1.165, 1.54) is 18.4 Å². The molecule has 1 aliphatic heterocycles. The standard InChI is InChI=1S/C28H33N3O2/c1-19(2)14-25(32)16-21-6-8-23(9-7-21)28(33)30-26-11-10-24-15-22(17-29-27(24)20(26)3)18-31-12-4-5-13-31/h6-11,15,17,19H,4-5,12-14,16,18H2,1-3H3,(H,30,33). The van der Waals surface area contributed by atoms with Gasteiger partial charge in [-0.25, -0.2) is 0 Å². The number of aryl methyl sites for hydroxylation is 1. The highest BCUT2D eigenvalue weighted by Crippen LogP contribution is 2.26. The Labute approximate surface area is 196 Å². The number of rotatable bonds is 8. The number of likely N-dealkylation sites (tertiary alicyclic amines) is 1. The molecule has 4 rings (SSSR count). The molecule has 5 nitrogen and oxygen atoms in total. The quantitative estimate of drug-likeness (QED) is 0.496. The van der Waals surface area contributed by atoms with Crippen molar-refractivity contribution in [1.82, 2.24) is 9.88 Å². The molecule has 0 aliphatic carbocycles. The van der Waals surface area contributed by atoms with Crippen LogP contribution >= 0.6 is 0 Å². The van der Waals surface area contributed by atoms with Crippen molar-refractivity contribution in [3.63, 3.8) is 0 Å². The molecular weight excluding hydrogens is 410 g/mol. The Balaban J connectivity index is 1.43. The molecule has 5 heteroatoms. The monoisotopic (exact) mass is 443 g/mol. The number of nitrogens with one attached hydrogen (secondary N) is 1. The number of hydrogen-bond donors (Lipinski definition) is 1. The van der Waals surface area contributed by atoms with E-state index in [0.29, 0.717) is 24.3 Å². The van der Waals surface area contributed by atoms with Crippen molar-refractivity contribution in [3.8, 4) is 0 Å². The van der Waals surface area contributed by atoms with E-state index in [4.69, 9.17) is 4.98 Å². The molecule has 0 radical (unpaired) electrons. The molecule has 0 spiro atoms. The van der Waals surface area contributed by atoms with Crippen LogP contribution in [0, 0.1) is 12.8 Å². The van der Waals surface area contributed by atoms with Crippen molar-refractivity contribution in [2.75, 3.05) is 18.4 Å². The first kappa shape index (κ1) is 23.1. The maximum Gasteiger partial charge on any atom is 0.255 e. The van der Waals surface area contributed by atoms with Crippen molar-refractivity contribution in [3.05, 3.63) is 70.9 Å². The van der Waals surface area contributed by atoms with E-state index in [1.54, 1.807) is 12.1 Å². The molecule has 1 fully saturated rings. The summed E-state index contributed by atoms with van der Waals surface area (Å²) in [5.74, 6) is 0.423. The minimum absolute atomic E-state index is 0.164. The molecular formula is C28H33N3O2. The Morgan fingerprint density at radius 2 is 1.76 bits per heavy atom. The maximum atomic E-state index is 12.8. The molecule has 1 N–H and O–H groups in total. The van der Waals surface area contributed by atoms with E-state index in [-0.39, 0.29) is 11.7 Å². The predicted octanol–water partition coefficient (Wildman–Crippen LogP) is 5.55. The molecule has 1 aromatic heterocycles. The highest BCUT2D eigenvalue weighted by molar-refractivity contribution is 6.06. The minimum atomic E-state index is -0.164. The Morgan fingerprint density at radius 3 is 2.45 bits per heavy atom. The number of Topliss-reactive ketones (excluding diaryl/α,β-unsaturated/α-hetero) is 1. The highest BCUT2D eigenvalue weighted by atomic mass is 16.1. The normalized spacial score (nSPS) is 14.2. The summed E-state index contributed by atoms with van der Waals surface area (Å²) in [7, 11) is 0. The van der Waals surface area contributed by atoms with Crippen LogP contribution in [0.2, 0.25) is 0 Å². The number of pyridine rings is 1. The van der Waals surface area contributed by atoms with Crippen LogP contribution in [0.3, 0.4) is 0 Å². The molecule has 1 aliphatic rings. The number of anilines is 1. The van der Waals surface area contributed by atoms with Gasteiger partial charge in [0.15, 0.2) is 0 Å². The summed E-state index contributed by atoms with van der Waals surface area (Å²) in [5, 5.41) is 4.12. The fraction of sp³-hybridized carbons (Fsp3) is 0.393. The first-order valence-electron chi connectivity index (χ1n) is 11.9. The van der Waals surface area contributed by atoms with Crippen LogP contribution in [0.5, 0.6) is 0 Å². The summed E-state index contributed by atoms with van der Waals surface area (Å²) in [6.45, 7) is 9.36. The second kappa shape index (κ2) is 10.3. The minimum Gasteiger partial charge on any atom is -0.322 e. The van der Waals surface area contributed by atoms with Gasteiger partial charge in [0, 0.05) is 42.2 Å². The summed E-state index contributed by atoms with van der Waals surface area (Å²) >= 11 is 0. The molecule has 3 aromatic rings. The average molecular weight is 444 g/mol. The molecule has 0 saturated carbocycles. The van der Waals surface area contributed by atoms with E-state index in [9.17, 15) is 9.59 Å². The third kappa shape index (κ3) is 5.85. The zero-order valence-corrected chi connectivity index (χ0v) is 19.9. The van der Waals surface area contributed by atoms with E-state index >= 15 is 0 Å². The molecule has 0 bridgehead atoms. The van der Waals surface area contributed by atoms with E-state index in [1.807, 2.05) is 51.2 Å². The SMILES string of the molecule is Cc1c(NC(=O)c2ccc(CC(=O)CC(C)C)cc2)ccc2cc(CN3CCCC3)cnc12. The van der Waals surface area contributed by atoms with Gasteiger partial charge in [0.25, 0.3) is 5.91 Å².